The first-order valence-corrected chi connectivity index (χ1v) is 13.2. The molecule has 3 atom stereocenters. The first-order chi connectivity index (χ1) is 18.2. The molecule has 11 nitrogen and oxygen atoms in total. The topological polar surface area (TPSA) is 161 Å². The molecule has 0 radical (unpaired) electrons. The number of aliphatic carboxylic acids is 1. The number of esters is 1. The van der Waals surface area contributed by atoms with Gasteiger partial charge >= 0.3 is 24.2 Å². The Morgan fingerprint density at radius 2 is 1.44 bits per heavy atom. The molecular formula is C28H43NO10. The molecule has 0 saturated heterocycles. The molecular weight excluding hydrogens is 510 g/mol. The standard InChI is InChI=1S/C28H43NO10/c1-8-9-19(6)24(30)37-20(7)13-28(29,25(31)32)14-21-10-11-22(38-26(33)35-15-17(2)3)23(12-21)39-27(34)36-16-18(4)5/h10-12,17-20H,8-9,13-16,29H2,1-7H3,(H,31,32)/t19?,20-,28?/m0/s1. The molecule has 11 heteroatoms. The van der Waals surface area contributed by atoms with Gasteiger partial charge in [0.2, 0.25) is 0 Å². The van der Waals surface area contributed by atoms with Crippen molar-refractivity contribution in [3.8, 4) is 11.5 Å². The lowest BCUT2D eigenvalue weighted by atomic mass is 9.86. The summed E-state index contributed by atoms with van der Waals surface area (Å²) in [4.78, 5) is 48.8. The molecule has 39 heavy (non-hydrogen) atoms. The number of hydrogen-bond donors (Lipinski definition) is 2. The molecule has 0 aliphatic carbocycles. The molecule has 1 rings (SSSR count). The van der Waals surface area contributed by atoms with Gasteiger partial charge in [-0.1, -0.05) is 54.0 Å². The van der Waals surface area contributed by atoms with Crippen LogP contribution in [0.4, 0.5) is 9.59 Å². The van der Waals surface area contributed by atoms with E-state index < -0.39 is 35.9 Å². The van der Waals surface area contributed by atoms with Gasteiger partial charge in [0.25, 0.3) is 0 Å². The van der Waals surface area contributed by atoms with Gasteiger partial charge in [-0.05, 0) is 42.9 Å². The summed E-state index contributed by atoms with van der Waals surface area (Å²) in [5.74, 6) is -2.21. The zero-order valence-electron chi connectivity index (χ0n) is 24.0. The fourth-order valence-electron chi connectivity index (χ4n) is 3.55. The van der Waals surface area contributed by atoms with Gasteiger partial charge in [0.15, 0.2) is 11.5 Å². The lowest BCUT2D eigenvalue weighted by Crippen LogP contribution is -2.52. The third-order valence-corrected chi connectivity index (χ3v) is 5.50. The van der Waals surface area contributed by atoms with Crippen LogP contribution in [0.3, 0.4) is 0 Å². The summed E-state index contributed by atoms with van der Waals surface area (Å²) in [5, 5.41) is 9.93. The monoisotopic (exact) mass is 553 g/mol. The summed E-state index contributed by atoms with van der Waals surface area (Å²) >= 11 is 0. The number of rotatable bonds is 15. The van der Waals surface area contributed by atoms with Crippen LogP contribution in [-0.4, -0.2) is 54.2 Å². The Morgan fingerprint density at radius 3 is 1.92 bits per heavy atom. The van der Waals surface area contributed by atoms with Crippen molar-refractivity contribution in [1.29, 1.82) is 0 Å². The normalized spacial score (nSPS) is 14.2. The van der Waals surface area contributed by atoms with Gasteiger partial charge in [0.05, 0.1) is 19.1 Å². The van der Waals surface area contributed by atoms with E-state index in [2.05, 4.69) is 0 Å². The average molecular weight is 554 g/mol. The molecule has 2 unspecified atom stereocenters. The SMILES string of the molecule is CCCC(C)C(=O)O[C@@H](C)CC(N)(Cc1ccc(OC(=O)OCC(C)C)c(OC(=O)OCC(C)C)c1)C(=O)O. The van der Waals surface area contributed by atoms with Crippen LogP contribution in [0.25, 0.3) is 0 Å². The smallest absolute Gasteiger partial charge is 0.480 e. The molecule has 3 N–H and O–H groups in total. The maximum absolute atomic E-state index is 12.3. The van der Waals surface area contributed by atoms with Crippen molar-refractivity contribution in [3.63, 3.8) is 0 Å². The Bertz CT molecular complexity index is 977. The highest BCUT2D eigenvalue weighted by Gasteiger charge is 2.37. The van der Waals surface area contributed by atoms with Crippen LogP contribution in [0.5, 0.6) is 11.5 Å². The fourth-order valence-corrected chi connectivity index (χ4v) is 3.55. The molecule has 0 heterocycles. The summed E-state index contributed by atoms with van der Waals surface area (Å²) in [6.45, 7) is 12.9. The minimum Gasteiger partial charge on any atom is -0.480 e. The van der Waals surface area contributed by atoms with Crippen molar-refractivity contribution in [2.75, 3.05) is 13.2 Å². The molecule has 1 aromatic carbocycles. The molecule has 0 aromatic heterocycles. The largest absolute Gasteiger partial charge is 0.513 e. The van der Waals surface area contributed by atoms with Crippen LogP contribution in [0.15, 0.2) is 18.2 Å². The van der Waals surface area contributed by atoms with Crippen molar-refractivity contribution < 1.29 is 48.0 Å². The van der Waals surface area contributed by atoms with E-state index in [0.717, 1.165) is 6.42 Å². The Kier molecular flexibility index (Phi) is 13.8. The van der Waals surface area contributed by atoms with E-state index >= 15 is 0 Å². The molecule has 0 amide bonds. The first kappa shape index (κ1) is 33.7. The predicted octanol–water partition coefficient (Wildman–Crippen LogP) is 5.11. The number of ether oxygens (including phenoxy) is 5. The van der Waals surface area contributed by atoms with Gasteiger partial charge < -0.3 is 34.5 Å². The number of hydrogen-bond acceptors (Lipinski definition) is 10. The van der Waals surface area contributed by atoms with Crippen molar-refractivity contribution in [2.24, 2.45) is 23.5 Å². The van der Waals surface area contributed by atoms with Crippen molar-refractivity contribution in [3.05, 3.63) is 23.8 Å². The second kappa shape index (κ2) is 15.9. The van der Waals surface area contributed by atoms with Gasteiger partial charge in [-0.3, -0.25) is 9.59 Å². The molecule has 220 valence electrons. The maximum atomic E-state index is 12.3. The van der Waals surface area contributed by atoms with Crippen LogP contribution in [0.1, 0.15) is 73.3 Å². The molecule has 0 bridgehead atoms. The number of carboxylic acid groups (broad SMARTS) is 1. The fraction of sp³-hybridized carbons (Fsp3) is 0.643. The van der Waals surface area contributed by atoms with E-state index in [1.165, 1.54) is 18.2 Å². The highest BCUT2D eigenvalue weighted by molar-refractivity contribution is 5.79. The van der Waals surface area contributed by atoms with Gasteiger partial charge in [-0.2, -0.15) is 0 Å². The third-order valence-electron chi connectivity index (χ3n) is 5.50. The maximum Gasteiger partial charge on any atom is 0.513 e. The van der Waals surface area contributed by atoms with Gasteiger partial charge in [-0.25, -0.2) is 9.59 Å². The Balaban J connectivity index is 3.16. The summed E-state index contributed by atoms with van der Waals surface area (Å²) in [6.07, 6.45) is -1.70. The molecule has 0 saturated carbocycles. The second-order valence-corrected chi connectivity index (χ2v) is 10.7. The highest BCUT2D eigenvalue weighted by Crippen LogP contribution is 2.31. The molecule has 0 fully saturated rings. The molecule has 0 aliphatic rings. The lowest BCUT2D eigenvalue weighted by Gasteiger charge is -2.28. The van der Waals surface area contributed by atoms with Gasteiger partial charge in [0, 0.05) is 12.8 Å². The lowest BCUT2D eigenvalue weighted by molar-refractivity contribution is -0.156. The Morgan fingerprint density at radius 1 is 0.897 bits per heavy atom. The number of benzene rings is 1. The van der Waals surface area contributed by atoms with Crippen LogP contribution < -0.4 is 15.2 Å². The number of carboxylic acids is 1. The number of carbonyl (C=O) groups excluding carboxylic acids is 3. The van der Waals surface area contributed by atoms with E-state index in [1.807, 2.05) is 34.6 Å². The summed E-state index contributed by atoms with van der Waals surface area (Å²) in [6, 6.07) is 4.17. The van der Waals surface area contributed by atoms with E-state index in [0.29, 0.717) is 12.0 Å². The van der Waals surface area contributed by atoms with E-state index in [4.69, 9.17) is 29.4 Å². The number of carbonyl (C=O) groups is 4. The van der Waals surface area contributed by atoms with E-state index in [9.17, 15) is 24.3 Å². The Labute approximate surface area is 230 Å². The summed E-state index contributed by atoms with van der Waals surface area (Å²) < 4.78 is 26.0. The highest BCUT2D eigenvalue weighted by atomic mass is 16.7. The van der Waals surface area contributed by atoms with Crippen LogP contribution in [-0.2, 0) is 30.2 Å². The van der Waals surface area contributed by atoms with Crippen LogP contribution in [0, 0.1) is 17.8 Å². The minimum absolute atomic E-state index is 0.0556. The molecule has 1 aromatic rings. The second-order valence-electron chi connectivity index (χ2n) is 10.7. The van der Waals surface area contributed by atoms with Crippen LogP contribution >= 0.6 is 0 Å². The zero-order valence-corrected chi connectivity index (χ0v) is 24.0. The quantitative estimate of drug-likeness (QED) is 0.169. The average Bonchev–Trinajstić information content (AvgIpc) is 2.82. The predicted molar refractivity (Wildman–Crippen MR) is 143 cm³/mol. The van der Waals surface area contributed by atoms with Gasteiger partial charge in [-0.15, -0.1) is 0 Å². The Hall–Kier alpha value is -3.34. The first-order valence-electron chi connectivity index (χ1n) is 13.2. The van der Waals surface area contributed by atoms with Gasteiger partial charge in [0.1, 0.15) is 11.6 Å². The van der Waals surface area contributed by atoms with Crippen molar-refractivity contribution in [2.45, 2.75) is 85.8 Å². The van der Waals surface area contributed by atoms with E-state index in [1.54, 1.807) is 13.8 Å². The summed E-state index contributed by atoms with van der Waals surface area (Å²) in [5.41, 5.74) is 4.82. The van der Waals surface area contributed by atoms with E-state index in [-0.39, 0.29) is 55.3 Å². The summed E-state index contributed by atoms with van der Waals surface area (Å²) in [7, 11) is 0. The zero-order chi connectivity index (χ0) is 29.8. The molecule has 0 spiro atoms. The van der Waals surface area contributed by atoms with Crippen LogP contribution in [0.2, 0.25) is 0 Å². The van der Waals surface area contributed by atoms with Crippen molar-refractivity contribution in [1.82, 2.24) is 0 Å². The number of nitrogens with two attached hydrogens (primary N) is 1. The minimum atomic E-state index is -1.82. The molecule has 0 aliphatic heterocycles. The third kappa shape index (κ3) is 12.4. The van der Waals surface area contributed by atoms with Crippen molar-refractivity contribution >= 4 is 24.2 Å².